The van der Waals surface area contributed by atoms with E-state index in [4.69, 9.17) is 10.8 Å². The summed E-state index contributed by atoms with van der Waals surface area (Å²) in [5.41, 5.74) is 6.86. The van der Waals surface area contributed by atoms with E-state index in [0.29, 0.717) is 0 Å². The number of nitrogens with zero attached hydrogens (tertiary/aromatic N) is 1. The number of nitrogens with two attached hydrogens (primary N) is 1. The highest BCUT2D eigenvalue weighted by molar-refractivity contribution is 5.86. The second-order valence-corrected chi connectivity index (χ2v) is 4.43. The summed E-state index contributed by atoms with van der Waals surface area (Å²) in [6, 6.07) is 3.69. The van der Waals surface area contributed by atoms with Crippen molar-refractivity contribution in [2.45, 2.75) is 37.8 Å². The van der Waals surface area contributed by atoms with Crippen LogP contribution in [0, 0.1) is 0 Å². The zero-order valence-corrected chi connectivity index (χ0v) is 9.60. The van der Waals surface area contributed by atoms with Crippen LogP contribution in [-0.2, 0) is 0 Å². The summed E-state index contributed by atoms with van der Waals surface area (Å²) in [6.45, 7) is 0. The van der Waals surface area contributed by atoms with Crippen LogP contribution >= 0.6 is 0 Å². The van der Waals surface area contributed by atoms with Gasteiger partial charge in [-0.15, -0.1) is 0 Å². The molecule has 1 aliphatic rings. The molecule has 2 rings (SSSR count). The summed E-state index contributed by atoms with van der Waals surface area (Å²) in [5.74, 6) is -1.01. The lowest BCUT2D eigenvalue weighted by atomic mass is 9.91. The van der Waals surface area contributed by atoms with Gasteiger partial charge in [-0.25, -0.2) is 9.78 Å². The Morgan fingerprint density at radius 3 is 2.94 bits per heavy atom. The van der Waals surface area contributed by atoms with E-state index in [2.05, 4.69) is 10.3 Å². The van der Waals surface area contributed by atoms with Gasteiger partial charge in [0, 0.05) is 24.0 Å². The number of aromatic carboxylic acids is 1. The van der Waals surface area contributed by atoms with Gasteiger partial charge in [-0.3, -0.25) is 0 Å². The lowest BCUT2D eigenvalue weighted by Crippen LogP contribution is -2.42. The molecule has 5 heteroatoms. The Bertz CT molecular complexity index is 408. The van der Waals surface area contributed by atoms with Gasteiger partial charge < -0.3 is 16.2 Å². The molecule has 2 atom stereocenters. The molecule has 0 saturated heterocycles. The molecule has 5 nitrogen and oxygen atoms in total. The first-order chi connectivity index (χ1) is 8.16. The molecule has 1 saturated carbocycles. The Hall–Kier alpha value is -1.62. The minimum atomic E-state index is -1.01. The highest BCUT2D eigenvalue weighted by atomic mass is 16.4. The predicted molar refractivity (Wildman–Crippen MR) is 65.1 cm³/mol. The number of rotatable bonds is 3. The minimum Gasteiger partial charge on any atom is -0.477 e. The fourth-order valence-corrected chi connectivity index (χ4v) is 2.19. The largest absolute Gasteiger partial charge is 0.477 e. The number of carboxylic acids is 1. The molecule has 2 unspecified atom stereocenters. The Balaban J connectivity index is 2.07. The molecule has 0 radical (unpaired) electrons. The van der Waals surface area contributed by atoms with Gasteiger partial charge in [0.25, 0.3) is 0 Å². The summed E-state index contributed by atoms with van der Waals surface area (Å²) in [6.07, 6.45) is 5.90. The van der Waals surface area contributed by atoms with Crippen molar-refractivity contribution < 1.29 is 9.90 Å². The second kappa shape index (κ2) is 5.14. The van der Waals surface area contributed by atoms with Crippen LogP contribution in [0.3, 0.4) is 0 Å². The maximum atomic E-state index is 10.8. The zero-order chi connectivity index (χ0) is 12.3. The number of carbonyl (C=O) groups is 1. The molecule has 1 fully saturated rings. The van der Waals surface area contributed by atoms with Crippen molar-refractivity contribution >= 4 is 11.7 Å². The molecule has 17 heavy (non-hydrogen) atoms. The van der Waals surface area contributed by atoms with Gasteiger partial charge in [0.15, 0.2) is 0 Å². The van der Waals surface area contributed by atoms with Crippen LogP contribution in [-0.4, -0.2) is 28.1 Å². The smallest absolute Gasteiger partial charge is 0.354 e. The first kappa shape index (κ1) is 11.9. The van der Waals surface area contributed by atoms with Crippen molar-refractivity contribution in [3.05, 3.63) is 24.0 Å². The number of nitrogens with one attached hydrogen (secondary N) is 1. The fraction of sp³-hybridized carbons (Fsp3) is 0.500. The van der Waals surface area contributed by atoms with Crippen LogP contribution in [0.15, 0.2) is 18.3 Å². The summed E-state index contributed by atoms with van der Waals surface area (Å²) < 4.78 is 0. The highest BCUT2D eigenvalue weighted by Gasteiger charge is 2.21. The average Bonchev–Trinajstić information content (AvgIpc) is 2.32. The minimum absolute atomic E-state index is 0.0550. The van der Waals surface area contributed by atoms with Crippen molar-refractivity contribution in [1.29, 1.82) is 0 Å². The average molecular weight is 235 g/mol. The molecular weight excluding hydrogens is 218 g/mol. The number of hydrogen-bond donors (Lipinski definition) is 3. The predicted octanol–water partition coefficient (Wildman–Crippen LogP) is 1.46. The van der Waals surface area contributed by atoms with Gasteiger partial charge in [-0.1, -0.05) is 12.8 Å². The summed E-state index contributed by atoms with van der Waals surface area (Å²) in [4.78, 5) is 14.6. The van der Waals surface area contributed by atoms with Crippen LogP contribution in [0.25, 0.3) is 0 Å². The third-order valence-corrected chi connectivity index (χ3v) is 3.15. The third kappa shape index (κ3) is 2.94. The molecule has 4 N–H and O–H groups in total. The van der Waals surface area contributed by atoms with Gasteiger partial charge >= 0.3 is 5.97 Å². The molecule has 0 spiro atoms. The van der Waals surface area contributed by atoms with Crippen molar-refractivity contribution in [3.8, 4) is 0 Å². The Morgan fingerprint density at radius 2 is 2.24 bits per heavy atom. The monoisotopic (exact) mass is 235 g/mol. The van der Waals surface area contributed by atoms with Crippen LogP contribution in [0.5, 0.6) is 0 Å². The Morgan fingerprint density at radius 1 is 1.47 bits per heavy atom. The first-order valence-corrected chi connectivity index (χ1v) is 5.88. The number of hydrogen-bond acceptors (Lipinski definition) is 4. The topological polar surface area (TPSA) is 88.2 Å². The summed E-state index contributed by atoms with van der Waals surface area (Å²) in [5, 5.41) is 12.1. The summed E-state index contributed by atoms with van der Waals surface area (Å²) in [7, 11) is 0. The van der Waals surface area contributed by atoms with E-state index in [1.807, 2.05) is 0 Å². The number of anilines is 1. The molecule has 1 aromatic rings. The molecule has 0 aliphatic heterocycles. The highest BCUT2D eigenvalue weighted by Crippen LogP contribution is 2.21. The third-order valence-electron chi connectivity index (χ3n) is 3.15. The molecule has 0 amide bonds. The molecule has 0 aromatic carbocycles. The van der Waals surface area contributed by atoms with Gasteiger partial charge in [-0.2, -0.15) is 0 Å². The quantitative estimate of drug-likeness (QED) is 0.738. The number of pyridine rings is 1. The van der Waals surface area contributed by atoms with E-state index >= 15 is 0 Å². The van der Waals surface area contributed by atoms with E-state index in [0.717, 1.165) is 18.5 Å². The molecule has 1 aromatic heterocycles. The normalized spacial score (nSPS) is 24.3. The van der Waals surface area contributed by atoms with Crippen molar-refractivity contribution in [2.24, 2.45) is 5.73 Å². The molecular formula is C12H17N3O2. The van der Waals surface area contributed by atoms with E-state index in [1.165, 1.54) is 19.0 Å². The zero-order valence-electron chi connectivity index (χ0n) is 9.60. The van der Waals surface area contributed by atoms with Crippen molar-refractivity contribution in [1.82, 2.24) is 4.98 Å². The van der Waals surface area contributed by atoms with Gasteiger partial charge in [0.05, 0.1) is 0 Å². The number of carboxylic acid groups (broad SMARTS) is 1. The Labute approximate surface area is 100 Å². The molecule has 92 valence electrons. The van der Waals surface area contributed by atoms with Crippen LogP contribution in [0.4, 0.5) is 5.69 Å². The standard InChI is InChI=1S/C12H17N3O2/c13-9-3-1-2-4-10(9)15-8-5-6-14-11(7-8)12(16)17/h5-7,9-10H,1-4,13H2,(H,14,15)(H,16,17). The second-order valence-electron chi connectivity index (χ2n) is 4.43. The fourth-order valence-electron chi connectivity index (χ4n) is 2.19. The van der Waals surface area contributed by atoms with Crippen LogP contribution in [0.1, 0.15) is 36.2 Å². The molecule has 0 bridgehead atoms. The molecule has 1 heterocycles. The van der Waals surface area contributed by atoms with E-state index in [-0.39, 0.29) is 17.8 Å². The van der Waals surface area contributed by atoms with Crippen LogP contribution in [0.2, 0.25) is 0 Å². The number of aromatic nitrogens is 1. The van der Waals surface area contributed by atoms with Gasteiger partial charge in [-0.05, 0) is 25.0 Å². The van der Waals surface area contributed by atoms with Gasteiger partial charge in [0.2, 0.25) is 0 Å². The Kier molecular flexibility index (Phi) is 3.58. The van der Waals surface area contributed by atoms with Crippen molar-refractivity contribution in [3.63, 3.8) is 0 Å². The lowest BCUT2D eigenvalue weighted by Gasteiger charge is -2.30. The van der Waals surface area contributed by atoms with Gasteiger partial charge in [0.1, 0.15) is 5.69 Å². The lowest BCUT2D eigenvalue weighted by molar-refractivity contribution is 0.0690. The van der Waals surface area contributed by atoms with Crippen molar-refractivity contribution in [2.75, 3.05) is 5.32 Å². The maximum Gasteiger partial charge on any atom is 0.354 e. The SMILES string of the molecule is NC1CCCCC1Nc1ccnc(C(=O)O)c1. The van der Waals surface area contributed by atoms with E-state index in [9.17, 15) is 4.79 Å². The maximum absolute atomic E-state index is 10.8. The van der Waals surface area contributed by atoms with Crippen LogP contribution < -0.4 is 11.1 Å². The van der Waals surface area contributed by atoms with E-state index in [1.54, 1.807) is 12.1 Å². The first-order valence-electron chi connectivity index (χ1n) is 5.88. The summed E-state index contributed by atoms with van der Waals surface area (Å²) >= 11 is 0. The molecule has 1 aliphatic carbocycles. The van der Waals surface area contributed by atoms with E-state index < -0.39 is 5.97 Å².